The molecule has 0 spiro atoms. The molecule has 0 atom stereocenters. The molecule has 2 fully saturated rings. The molecule has 1 amide bonds. The summed E-state index contributed by atoms with van der Waals surface area (Å²) in [6.45, 7) is 3.88. The highest BCUT2D eigenvalue weighted by Gasteiger charge is 2.26. The Hall–Kier alpha value is -0.610. The first-order valence-corrected chi connectivity index (χ1v) is 7.18. The van der Waals surface area contributed by atoms with Crippen LogP contribution in [0, 0.1) is 5.92 Å². The first-order valence-electron chi connectivity index (χ1n) is 7.18. The Morgan fingerprint density at radius 2 is 1.83 bits per heavy atom. The highest BCUT2D eigenvalue weighted by atomic mass is 16.5. The molecule has 0 N–H and O–H groups in total. The van der Waals surface area contributed by atoms with E-state index in [1.165, 1.54) is 0 Å². The molecule has 0 bridgehead atoms. The molecule has 2 aliphatic rings. The summed E-state index contributed by atoms with van der Waals surface area (Å²) in [5, 5.41) is 0. The Kier molecular flexibility index (Phi) is 5.01. The van der Waals surface area contributed by atoms with Crippen LogP contribution in [0.2, 0.25) is 0 Å². The van der Waals surface area contributed by atoms with E-state index in [0.29, 0.717) is 24.3 Å². The van der Waals surface area contributed by atoms with Gasteiger partial charge in [-0.2, -0.15) is 0 Å². The lowest BCUT2D eigenvalue weighted by Crippen LogP contribution is -2.45. The molecule has 2 heterocycles. The average Bonchev–Trinajstić information content (AvgIpc) is 2.40. The molecule has 0 radical (unpaired) electrons. The van der Waals surface area contributed by atoms with Gasteiger partial charge in [0, 0.05) is 32.7 Å². The topological polar surface area (TPSA) is 32.8 Å². The molecule has 0 aromatic rings. The quantitative estimate of drug-likeness (QED) is 0.762. The van der Waals surface area contributed by atoms with Crippen molar-refractivity contribution in [3.63, 3.8) is 0 Å². The molecule has 2 aliphatic heterocycles. The minimum atomic E-state index is 0.330. The fraction of sp³-hybridized carbons (Fsp3) is 0.929. The van der Waals surface area contributed by atoms with Crippen LogP contribution in [0.5, 0.6) is 0 Å². The third kappa shape index (κ3) is 3.69. The number of carbonyl (C=O) groups is 1. The Bertz CT molecular complexity index is 269. The molecule has 0 aromatic heterocycles. The van der Waals surface area contributed by atoms with Crippen molar-refractivity contribution in [3.05, 3.63) is 0 Å². The standard InChI is InChI=1S/C14H26N2O2/c1-15-7-3-13(4-8-15)16(2)14(17)11-12-5-9-18-10-6-12/h12-13H,3-11H2,1-2H3. The lowest BCUT2D eigenvalue weighted by molar-refractivity contribution is -0.134. The van der Waals surface area contributed by atoms with Crippen LogP contribution in [0.1, 0.15) is 32.1 Å². The normalized spacial score (nSPS) is 24.1. The molecule has 104 valence electrons. The van der Waals surface area contributed by atoms with Gasteiger partial charge < -0.3 is 14.5 Å². The number of carbonyl (C=O) groups excluding carboxylic acids is 1. The van der Waals surface area contributed by atoms with Crippen molar-refractivity contribution in [2.45, 2.75) is 38.1 Å². The van der Waals surface area contributed by atoms with Gasteiger partial charge in [-0.05, 0) is 51.7 Å². The van der Waals surface area contributed by atoms with Crippen LogP contribution >= 0.6 is 0 Å². The van der Waals surface area contributed by atoms with Crippen LogP contribution in [-0.4, -0.2) is 62.1 Å². The second kappa shape index (κ2) is 6.53. The summed E-state index contributed by atoms with van der Waals surface area (Å²) in [5.41, 5.74) is 0. The maximum absolute atomic E-state index is 12.3. The van der Waals surface area contributed by atoms with Crippen molar-refractivity contribution in [1.29, 1.82) is 0 Å². The zero-order valence-corrected chi connectivity index (χ0v) is 11.7. The van der Waals surface area contributed by atoms with E-state index in [0.717, 1.165) is 52.0 Å². The van der Waals surface area contributed by atoms with Gasteiger partial charge in [0.2, 0.25) is 5.91 Å². The predicted molar refractivity (Wildman–Crippen MR) is 71.4 cm³/mol. The van der Waals surface area contributed by atoms with E-state index >= 15 is 0 Å². The lowest BCUT2D eigenvalue weighted by Gasteiger charge is -2.36. The summed E-state index contributed by atoms with van der Waals surface area (Å²) in [5.74, 6) is 0.872. The fourth-order valence-electron chi connectivity index (χ4n) is 2.93. The van der Waals surface area contributed by atoms with E-state index in [2.05, 4.69) is 11.9 Å². The SMILES string of the molecule is CN1CCC(N(C)C(=O)CC2CCOCC2)CC1. The Balaban J connectivity index is 1.77. The highest BCUT2D eigenvalue weighted by Crippen LogP contribution is 2.21. The van der Waals surface area contributed by atoms with Crippen LogP contribution in [0.3, 0.4) is 0 Å². The number of rotatable bonds is 3. The van der Waals surface area contributed by atoms with E-state index in [4.69, 9.17) is 4.74 Å². The van der Waals surface area contributed by atoms with Gasteiger partial charge >= 0.3 is 0 Å². The van der Waals surface area contributed by atoms with Gasteiger partial charge in [-0.1, -0.05) is 0 Å². The second-order valence-electron chi connectivity index (χ2n) is 5.80. The first-order chi connectivity index (χ1) is 8.66. The van der Waals surface area contributed by atoms with E-state index in [-0.39, 0.29) is 0 Å². The average molecular weight is 254 g/mol. The lowest BCUT2D eigenvalue weighted by atomic mass is 9.95. The summed E-state index contributed by atoms with van der Waals surface area (Å²) < 4.78 is 5.34. The highest BCUT2D eigenvalue weighted by molar-refractivity contribution is 5.76. The monoisotopic (exact) mass is 254 g/mol. The predicted octanol–water partition coefficient (Wildman–Crippen LogP) is 1.36. The smallest absolute Gasteiger partial charge is 0.222 e. The zero-order valence-electron chi connectivity index (χ0n) is 11.7. The third-order valence-electron chi connectivity index (χ3n) is 4.43. The maximum Gasteiger partial charge on any atom is 0.222 e. The van der Waals surface area contributed by atoms with Gasteiger partial charge in [0.1, 0.15) is 0 Å². The Morgan fingerprint density at radius 1 is 1.22 bits per heavy atom. The molecule has 0 unspecified atom stereocenters. The Labute approximate surface area is 110 Å². The van der Waals surface area contributed by atoms with Crippen LogP contribution < -0.4 is 0 Å². The summed E-state index contributed by atoms with van der Waals surface area (Å²) in [6.07, 6.45) is 5.05. The number of ether oxygens (including phenoxy) is 1. The number of nitrogens with zero attached hydrogens (tertiary/aromatic N) is 2. The van der Waals surface area contributed by atoms with Crippen molar-refractivity contribution in [2.75, 3.05) is 40.4 Å². The third-order valence-corrected chi connectivity index (χ3v) is 4.43. The summed E-state index contributed by atoms with van der Waals surface area (Å²) in [7, 11) is 4.14. The van der Waals surface area contributed by atoms with Crippen molar-refractivity contribution >= 4 is 5.91 Å². The van der Waals surface area contributed by atoms with Crippen LogP contribution in [0.4, 0.5) is 0 Å². The molecule has 18 heavy (non-hydrogen) atoms. The molecular weight excluding hydrogens is 228 g/mol. The molecule has 0 aliphatic carbocycles. The summed E-state index contributed by atoms with van der Waals surface area (Å²) >= 11 is 0. The molecular formula is C14H26N2O2. The van der Waals surface area contributed by atoms with Crippen molar-refractivity contribution in [3.8, 4) is 0 Å². The van der Waals surface area contributed by atoms with Gasteiger partial charge in [0.25, 0.3) is 0 Å². The number of piperidine rings is 1. The summed E-state index contributed by atoms with van der Waals surface area (Å²) in [6, 6.07) is 0.452. The number of amides is 1. The summed E-state index contributed by atoms with van der Waals surface area (Å²) in [4.78, 5) is 16.6. The van der Waals surface area contributed by atoms with Gasteiger partial charge in [-0.15, -0.1) is 0 Å². The number of hydrogen-bond acceptors (Lipinski definition) is 3. The molecule has 2 saturated heterocycles. The Morgan fingerprint density at radius 3 is 2.44 bits per heavy atom. The molecule has 0 aromatic carbocycles. The van der Waals surface area contributed by atoms with Crippen molar-refractivity contribution < 1.29 is 9.53 Å². The van der Waals surface area contributed by atoms with E-state index in [1.54, 1.807) is 0 Å². The van der Waals surface area contributed by atoms with Crippen molar-refractivity contribution in [1.82, 2.24) is 9.80 Å². The minimum Gasteiger partial charge on any atom is -0.381 e. The van der Waals surface area contributed by atoms with Crippen LogP contribution in [0.25, 0.3) is 0 Å². The van der Waals surface area contributed by atoms with Crippen LogP contribution in [0.15, 0.2) is 0 Å². The number of hydrogen-bond donors (Lipinski definition) is 0. The molecule has 4 heteroatoms. The van der Waals surface area contributed by atoms with E-state index in [1.807, 2.05) is 11.9 Å². The van der Waals surface area contributed by atoms with Gasteiger partial charge in [-0.3, -0.25) is 4.79 Å². The number of likely N-dealkylation sites (tertiary alicyclic amines) is 1. The first kappa shape index (κ1) is 13.8. The maximum atomic E-state index is 12.3. The molecule has 4 nitrogen and oxygen atoms in total. The fourth-order valence-corrected chi connectivity index (χ4v) is 2.93. The molecule has 2 rings (SSSR count). The van der Waals surface area contributed by atoms with Crippen molar-refractivity contribution in [2.24, 2.45) is 5.92 Å². The van der Waals surface area contributed by atoms with E-state index < -0.39 is 0 Å². The molecule has 0 saturated carbocycles. The largest absolute Gasteiger partial charge is 0.381 e. The second-order valence-corrected chi connectivity index (χ2v) is 5.80. The van der Waals surface area contributed by atoms with E-state index in [9.17, 15) is 4.79 Å². The van der Waals surface area contributed by atoms with Gasteiger partial charge in [0.15, 0.2) is 0 Å². The zero-order chi connectivity index (χ0) is 13.0. The van der Waals surface area contributed by atoms with Crippen LogP contribution in [-0.2, 0) is 9.53 Å². The minimum absolute atomic E-state index is 0.330. The van der Waals surface area contributed by atoms with Gasteiger partial charge in [0.05, 0.1) is 0 Å². The van der Waals surface area contributed by atoms with Gasteiger partial charge in [-0.25, -0.2) is 0 Å².